The molecule has 3 nitrogen and oxygen atoms in total. The van der Waals surface area contributed by atoms with Crippen LogP contribution in [0.4, 0.5) is 0 Å². The molecule has 1 unspecified atom stereocenters. The van der Waals surface area contributed by atoms with Crippen molar-refractivity contribution < 1.29 is 9.16 Å². The molecule has 0 radical (unpaired) electrons. The van der Waals surface area contributed by atoms with Gasteiger partial charge in [-0.15, -0.1) is 0 Å². The molecule has 0 spiro atoms. The fourth-order valence-corrected chi connectivity index (χ4v) is 5.80. The number of para-hydroxylation sites is 1. The molecule has 1 N–H and O–H groups in total. The van der Waals surface area contributed by atoms with E-state index in [0.29, 0.717) is 13.2 Å². The molecule has 39 heavy (non-hydrogen) atoms. The summed E-state index contributed by atoms with van der Waals surface area (Å²) in [5, 5.41) is 4.21. The van der Waals surface area contributed by atoms with Crippen molar-refractivity contribution in [1.29, 1.82) is 0 Å². The lowest BCUT2D eigenvalue weighted by Crippen LogP contribution is -2.52. The summed E-state index contributed by atoms with van der Waals surface area (Å²) < 4.78 is 13.2. The van der Waals surface area contributed by atoms with Gasteiger partial charge in [0.05, 0.1) is 5.54 Å². The zero-order chi connectivity index (χ0) is 27.9. The van der Waals surface area contributed by atoms with Crippen molar-refractivity contribution in [3.63, 3.8) is 0 Å². The SMILES string of the molecule is CC(CO[Si](C)(C)C(C)(C)C)NC(c1ccccc1)(c1ccccc1)c1ccccc1OCc1ccccc1. The van der Waals surface area contributed by atoms with Crippen molar-refractivity contribution in [1.82, 2.24) is 5.32 Å². The average molecular weight is 538 g/mol. The maximum absolute atomic E-state index is 6.69. The van der Waals surface area contributed by atoms with Crippen molar-refractivity contribution >= 4 is 8.32 Å². The van der Waals surface area contributed by atoms with Gasteiger partial charge >= 0.3 is 0 Å². The summed E-state index contributed by atoms with van der Waals surface area (Å²) in [6.45, 7) is 14.8. The number of hydrogen-bond acceptors (Lipinski definition) is 3. The van der Waals surface area contributed by atoms with Gasteiger partial charge in [0.1, 0.15) is 12.4 Å². The lowest BCUT2D eigenvalue weighted by atomic mass is 9.76. The van der Waals surface area contributed by atoms with Crippen LogP contribution in [0.1, 0.15) is 49.9 Å². The zero-order valence-corrected chi connectivity index (χ0v) is 25.3. The molecule has 0 aromatic heterocycles. The highest BCUT2D eigenvalue weighted by Gasteiger charge is 2.41. The Morgan fingerprint density at radius 3 is 1.72 bits per heavy atom. The third-order valence-electron chi connectivity index (χ3n) is 7.91. The molecule has 0 aliphatic heterocycles. The third kappa shape index (κ3) is 6.70. The van der Waals surface area contributed by atoms with Crippen LogP contribution in [-0.4, -0.2) is 21.0 Å². The van der Waals surface area contributed by atoms with Gasteiger partial charge in [0.2, 0.25) is 0 Å². The minimum Gasteiger partial charge on any atom is -0.489 e. The molecular formula is C35H43NO2Si. The summed E-state index contributed by atoms with van der Waals surface area (Å²) in [4.78, 5) is 0. The number of benzene rings is 4. The largest absolute Gasteiger partial charge is 0.489 e. The number of nitrogens with one attached hydrogen (secondary N) is 1. The molecule has 0 amide bonds. The molecule has 0 aliphatic carbocycles. The molecule has 0 saturated heterocycles. The Labute approximate surface area is 236 Å². The van der Waals surface area contributed by atoms with Crippen LogP contribution in [0, 0.1) is 0 Å². The van der Waals surface area contributed by atoms with Crippen LogP contribution in [0.5, 0.6) is 5.75 Å². The normalized spacial score (nSPS) is 13.2. The second kappa shape index (κ2) is 12.3. The molecule has 0 heterocycles. The number of rotatable bonds is 11. The standard InChI is InChI=1S/C35H43NO2Si/c1-28(26-38-39(5,6)34(2,3)4)36-35(30-20-12-8-13-21-30,31-22-14-9-15-23-31)32-24-16-17-25-33(32)37-27-29-18-10-7-11-19-29/h7-25,28,36H,26-27H2,1-6H3. The minimum absolute atomic E-state index is 0.0710. The fraction of sp³-hybridized carbons (Fsp3) is 0.314. The summed E-state index contributed by atoms with van der Waals surface area (Å²) in [6.07, 6.45) is 0. The Kier molecular flexibility index (Phi) is 9.11. The predicted molar refractivity (Wildman–Crippen MR) is 166 cm³/mol. The van der Waals surface area contributed by atoms with Gasteiger partial charge in [-0.25, -0.2) is 0 Å². The molecule has 0 saturated carbocycles. The van der Waals surface area contributed by atoms with Crippen LogP contribution < -0.4 is 10.1 Å². The first-order valence-electron chi connectivity index (χ1n) is 13.9. The summed E-state index contributed by atoms with van der Waals surface area (Å²) in [5.41, 5.74) is 3.89. The molecule has 1 atom stereocenters. The topological polar surface area (TPSA) is 30.5 Å². The van der Waals surface area contributed by atoms with E-state index in [9.17, 15) is 0 Å². The van der Waals surface area contributed by atoms with Crippen LogP contribution in [0.25, 0.3) is 0 Å². The zero-order valence-electron chi connectivity index (χ0n) is 24.3. The molecule has 4 heteroatoms. The van der Waals surface area contributed by atoms with Crippen molar-refractivity contribution in [2.45, 2.75) is 64.0 Å². The Morgan fingerprint density at radius 1 is 0.692 bits per heavy atom. The second-order valence-corrected chi connectivity index (χ2v) is 16.7. The molecule has 4 aromatic carbocycles. The Balaban J connectivity index is 1.80. The highest BCUT2D eigenvalue weighted by atomic mass is 28.4. The Morgan fingerprint density at radius 2 is 1.18 bits per heavy atom. The monoisotopic (exact) mass is 537 g/mol. The maximum atomic E-state index is 6.69. The predicted octanol–water partition coefficient (Wildman–Crippen LogP) is 8.56. The molecule has 0 bridgehead atoms. The lowest BCUT2D eigenvalue weighted by molar-refractivity contribution is 0.229. The first-order valence-corrected chi connectivity index (χ1v) is 16.8. The summed E-state index contributed by atoms with van der Waals surface area (Å²) in [5.74, 6) is 0.860. The van der Waals surface area contributed by atoms with Crippen molar-refractivity contribution in [2.24, 2.45) is 0 Å². The van der Waals surface area contributed by atoms with Gasteiger partial charge in [0.25, 0.3) is 0 Å². The smallest absolute Gasteiger partial charge is 0.192 e. The van der Waals surface area contributed by atoms with Crippen LogP contribution in [0.2, 0.25) is 18.1 Å². The van der Waals surface area contributed by atoms with Crippen LogP contribution in [-0.2, 0) is 16.6 Å². The Bertz CT molecular complexity index is 1260. The maximum Gasteiger partial charge on any atom is 0.192 e. The van der Waals surface area contributed by atoms with E-state index in [2.05, 4.69) is 155 Å². The molecule has 4 rings (SSSR count). The summed E-state index contributed by atoms with van der Waals surface area (Å²) in [6, 6.07) is 40.2. The van der Waals surface area contributed by atoms with E-state index < -0.39 is 13.9 Å². The van der Waals surface area contributed by atoms with Crippen LogP contribution >= 0.6 is 0 Å². The average Bonchev–Trinajstić information content (AvgIpc) is 2.95. The van der Waals surface area contributed by atoms with Crippen molar-refractivity contribution in [2.75, 3.05) is 6.61 Å². The van der Waals surface area contributed by atoms with Gasteiger partial charge in [0.15, 0.2) is 8.32 Å². The fourth-order valence-electron chi connectivity index (χ4n) is 4.70. The van der Waals surface area contributed by atoms with E-state index in [1.165, 1.54) is 0 Å². The Hall–Kier alpha value is -3.18. The minimum atomic E-state index is -1.91. The van der Waals surface area contributed by atoms with Crippen LogP contribution in [0.3, 0.4) is 0 Å². The highest BCUT2D eigenvalue weighted by molar-refractivity contribution is 6.74. The van der Waals surface area contributed by atoms with Crippen LogP contribution in [0.15, 0.2) is 115 Å². The van der Waals surface area contributed by atoms with Gasteiger partial charge in [-0.1, -0.05) is 130 Å². The van der Waals surface area contributed by atoms with Gasteiger partial charge < -0.3 is 9.16 Å². The van der Waals surface area contributed by atoms with E-state index in [1.54, 1.807) is 0 Å². The molecule has 204 valence electrons. The quantitative estimate of drug-likeness (QED) is 0.154. The van der Waals surface area contributed by atoms with E-state index >= 15 is 0 Å². The number of ether oxygens (including phenoxy) is 1. The molecule has 4 aromatic rings. The van der Waals surface area contributed by atoms with Gasteiger partial charge in [-0.2, -0.15) is 0 Å². The van der Waals surface area contributed by atoms with Crippen molar-refractivity contribution in [3.05, 3.63) is 138 Å². The lowest BCUT2D eigenvalue weighted by Gasteiger charge is -2.42. The summed E-state index contributed by atoms with van der Waals surface area (Å²) in [7, 11) is -1.91. The van der Waals surface area contributed by atoms with Gasteiger partial charge in [-0.3, -0.25) is 5.32 Å². The second-order valence-electron chi connectivity index (χ2n) is 11.9. The van der Waals surface area contributed by atoms with E-state index in [1.807, 2.05) is 6.07 Å². The molecule has 0 aliphatic rings. The summed E-state index contributed by atoms with van der Waals surface area (Å²) >= 11 is 0. The van der Waals surface area contributed by atoms with Gasteiger partial charge in [0, 0.05) is 18.2 Å². The van der Waals surface area contributed by atoms with E-state index in [0.717, 1.165) is 28.0 Å². The van der Waals surface area contributed by atoms with E-state index in [4.69, 9.17) is 9.16 Å². The van der Waals surface area contributed by atoms with E-state index in [-0.39, 0.29) is 11.1 Å². The first kappa shape index (κ1) is 28.8. The van der Waals surface area contributed by atoms with Gasteiger partial charge in [-0.05, 0) is 47.8 Å². The molecular weight excluding hydrogens is 494 g/mol. The number of hydrogen-bond donors (Lipinski definition) is 1. The first-order chi connectivity index (χ1) is 18.6. The van der Waals surface area contributed by atoms with Crippen molar-refractivity contribution in [3.8, 4) is 5.75 Å². The molecule has 0 fully saturated rings. The highest BCUT2D eigenvalue weighted by Crippen LogP contribution is 2.42. The third-order valence-corrected chi connectivity index (χ3v) is 12.4.